The Morgan fingerprint density at radius 2 is 1.17 bits per heavy atom. The molecule has 0 radical (unpaired) electrons. The van der Waals surface area contributed by atoms with Gasteiger partial charge in [-0.15, -0.1) is 15.3 Å². The van der Waals surface area contributed by atoms with Crippen molar-refractivity contribution in [3.05, 3.63) is 77.6 Å². The lowest BCUT2D eigenvalue weighted by Gasteiger charge is -2.36. The van der Waals surface area contributed by atoms with E-state index in [9.17, 15) is 30.7 Å². The van der Waals surface area contributed by atoms with Crippen LogP contribution in [0.1, 0.15) is 5.82 Å². The van der Waals surface area contributed by atoms with Crippen LogP contribution < -0.4 is 20.0 Å². The van der Waals surface area contributed by atoms with Crippen molar-refractivity contribution in [2.24, 2.45) is 0 Å². The molecule has 4 heterocycles. The molecule has 0 aliphatic carbocycles. The largest absolute Gasteiger partial charge is 0.453 e. The van der Waals surface area contributed by atoms with Crippen molar-refractivity contribution in [1.29, 1.82) is 0 Å². The number of aromatic nitrogens is 4. The predicted molar refractivity (Wildman–Crippen MR) is 138 cm³/mol. The van der Waals surface area contributed by atoms with E-state index in [0.29, 0.717) is 42.2 Å². The molecule has 0 bridgehead atoms. The lowest BCUT2D eigenvalue weighted by Crippen LogP contribution is -2.47. The highest BCUT2D eigenvalue weighted by Crippen LogP contribution is 2.28. The molecule has 0 spiro atoms. The molecule has 2 aliphatic rings. The van der Waals surface area contributed by atoms with E-state index in [1.54, 1.807) is 15.9 Å². The Bertz CT molecular complexity index is 1500. The first-order valence-electron chi connectivity index (χ1n) is 12.8. The first kappa shape index (κ1) is 28.4. The second-order valence-electron chi connectivity index (χ2n) is 9.39. The summed E-state index contributed by atoms with van der Waals surface area (Å²) in [6, 6.07) is 10.1. The smallest absolute Gasteiger partial charge is 0.367 e. The van der Waals surface area contributed by atoms with Gasteiger partial charge < -0.3 is 20.0 Å². The van der Waals surface area contributed by atoms with Gasteiger partial charge in [-0.3, -0.25) is 0 Å². The van der Waals surface area contributed by atoms with E-state index in [1.165, 1.54) is 30.3 Å². The third-order valence-electron chi connectivity index (χ3n) is 6.72. The third-order valence-corrected chi connectivity index (χ3v) is 6.72. The zero-order valence-corrected chi connectivity index (χ0v) is 21.6. The fourth-order valence-corrected chi connectivity index (χ4v) is 4.68. The number of benzene rings is 2. The average molecular weight is 583 g/mol. The van der Waals surface area contributed by atoms with E-state index in [2.05, 4.69) is 20.6 Å². The molecule has 0 atom stereocenters. The van der Waals surface area contributed by atoms with E-state index in [0.717, 1.165) is 38.3 Å². The van der Waals surface area contributed by atoms with Crippen LogP contribution in [-0.2, 0) is 6.18 Å². The minimum atomic E-state index is -4.66. The molecule has 15 heteroatoms. The van der Waals surface area contributed by atoms with E-state index < -0.39 is 35.3 Å². The Kier molecular flexibility index (Phi) is 8.15. The van der Waals surface area contributed by atoms with Crippen LogP contribution in [0.3, 0.4) is 0 Å². The van der Waals surface area contributed by atoms with Crippen LogP contribution in [0.15, 0.2) is 48.5 Å². The van der Waals surface area contributed by atoms with Gasteiger partial charge in [-0.1, -0.05) is 0 Å². The number of anilines is 3. The first-order chi connectivity index (χ1) is 19.6. The Balaban J connectivity index is 0.000000202. The summed E-state index contributed by atoms with van der Waals surface area (Å²) in [4.78, 5) is 5.46. The maximum atomic E-state index is 13.9. The number of halogens is 7. The molecule has 2 aromatic carbocycles. The Labute approximate surface area is 230 Å². The molecular formula is C26H25F7N8. The molecular weight excluding hydrogens is 557 g/mol. The summed E-state index contributed by atoms with van der Waals surface area (Å²) < 4.78 is 92.6. The van der Waals surface area contributed by atoms with Gasteiger partial charge in [0.15, 0.2) is 5.65 Å². The van der Waals surface area contributed by atoms with Gasteiger partial charge in [0.25, 0.3) is 5.82 Å². The Morgan fingerprint density at radius 1 is 0.634 bits per heavy atom. The van der Waals surface area contributed by atoms with Crippen LogP contribution in [0.25, 0.3) is 5.65 Å². The van der Waals surface area contributed by atoms with Crippen molar-refractivity contribution in [1.82, 2.24) is 25.1 Å². The fourth-order valence-electron chi connectivity index (χ4n) is 4.68. The number of hydrogen-bond donors (Lipinski definition) is 1. The van der Waals surface area contributed by atoms with Crippen molar-refractivity contribution in [3.63, 3.8) is 0 Å². The van der Waals surface area contributed by atoms with Gasteiger partial charge in [0.1, 0.15) is 29.1 Å². The molecule has 0 amide bonds. The lowest BCUT2D eigenvalue weighted by atomic mass is 10.2. The fraction of sp³-hybridized carbons (Fsp3) is 0.346. The monoisotopic (exact) mass is 582 g/mol. The standard InChI is InChI=1S/C16H13F5N6.C10H12F2N2/c17-10-1-2-12(11(18)9-10)25-5-7-26(8-6-25)14-4-3-13-22-23-15(16(19,20)21)27(13)24-14;11-8-1-2-10(9(12)7-8)14-5-3-13-4-6-14/h1-4,9H,5-8H2;1-2,7,13H,3-6H2. The highest BCUT2D eigenvalue weighted by molar-refractivity contribution is 5.52. The minimum Gasteiger partial charge on any atom is -0.367 e. The third kappa shape index (κ3) is 6.45. The highest BCUT2D eigenvalue weighted by Gasteiger charge is 2.38. The maximum absolute atomic E-state index is 13.9. The molecule has 8 nitrogen and oxygen atoms in total. The van der Waals surface area contributed by atoms with Crippen molar-refractivity contribution >= 4 is 22.8 Å². The molecule has 41 heavy (non-hydrogen) atoms. The van der Waals surface area contributed by atoms with Crippen LogP contribution in [0, 0.1) is 23.3 Å². The van der Waals surface area contributed by atoms with Crippen LogP contribution >= 0.6 is 0 Å². The SMILES string of the molecule is Fc1ccc(N2CCN(c3ccc4nnc(C(F)(F)F)n4n3)CC2)c(F)c1.Fc1ccc(N2CCNCC2)c(F)c1. The summed E-state index contributed by atoms with van der Waals surface area (Å²) in [7, 11) is 0. The van der Waals surface area contributed by atoms with E-state index >= 15 is 0 Å². The van der Waals surface area contributed by atoms with Crippen LogP contribution in [0.5, 0.6) is 0 Å². The summed E-state index contributed by atoms with van der Waals surface area (Å²) >= 11 is 0. The molecule has 2 fully saturated rings. The summed E-state index contributed by atoms with van der Waals surface area (Å²) in [6.07, 6.45) is -4.66. The maximum Gasteiger partial charge on any atom is 0.453 e. The number of nitrogens with zero attached hydrogens (tertiary/aromatic N) is 7. The number of piperazine rings is 2. The second-order valence-corrected chi connectivity index (χ2v) is 9.39. The topological polar surface area (TPSA) is 64.8 Å². The summed E-state index contributed by atoms with van der Waals surface area (Å²) in [6.45, 7) is 4.88. The summed E-state index contributed by atoms with van der Waals surface area (Å²) in [5.41, 5.74) is 0.781. The zero-order chi connectivity index (χ0) is 29.1. The zero-order valence-electron chi connectivity index (χ0n) is 21.6. The predicted octanol–water partition coefficient (Wildman–Crippen LogP) is 4.12. The molecule has 2 aliphatic heterocycles. The Hall–Kier alpha value is -4.14. The highest BCUT2D eigenvalue weighted by atomic mass is 19.4. The van der Waals surface area contributed by atoms with Crippen molar-refractivity contribution in [3.8, 4) is 0 Å². The van der Waals surface area contributed by atoms with Gasteiger partial charge in [-0.2, -0.15) is 17.7 Å². The number of rotatable bonds is 3. The summed E-state index contributed by atoms with van der Waals surface area (Å²) in [5, 5.41) is 13.8. The number of nitrogens with one attached hydrogen (secondary N) is 1. The van der Waals surface area contributed by atoms with E-state index in [-0.39, 0.29) is 11.3 Å². The van der Waals surface area contributed by atoms with Crippen LogP contribution in [0.4, 0.5) is 47.9 Å². The van der Waals surface area contributed by atoms with Crippen molar-refractivity contribution in [2.75, 3.05) is 67.1 Å². The van der Waals surface area contributed by atoms with Gasteiger partial charge in [0.2, 0.25) is 0 Å². The second kappa shape index (κ2) is 11.8. The van der Waals surface area contributed by atoms with Gasteiger partial charge >= 0.3 is 6.18 Å². The van der Waals surface area contributed by atoms with E-state index in [1.807, 2.05) is 4.90 Å². The van der Waals surface area contributed by atoms with Crippen LogP contribution in [-0.4, -0.2) is 72.2 Å². The minimum absolute atomic E-state index is 0.00176. The molecule has 6 rings (SSSR count). The normalized spacial score (nSPS) is 16.1. The quantitative estimate of drug-likeness (QED) is 0.365. The van der Waals surface area contributed by atoms with Gasteiger partial charge in [-0.05, 0) is 36.4 Å². The number of hydrogen-bond acceptors (Lipinski definition) is 7. The van der Waals surface area contributed by atoms with Gasteiger partial charge in [0.05, 0.1) is 11.4 Å². The molecule has 2 saturated heterocycles. The molecule has 1 N–H and O–H groups in total. The lowest BCUT2D eigenvalue weighted by molar-refractivity contribution is -0.146. The number of alkyl halides is 3. The first-order valence-corrected chi connectivity index (χ1v) is 12.8. The molecule has 0 unspecified atom stereocenters. The number of fused-ring (bicyclic) bond motifs is 1. The molecule has 218 valence electrons. The van der Waals surface area contributed by atoms with Crippen LogP contribution in [0.2, 0.25) is 0 Å². The summed E-state index contributed by atoms with van der Waals surface area (Å²) in [5.74, 6) is -3.16. The van der Waals surface area contributed by atoms with Gasteiger partial charge in [-0.25, -0.2) is 17.6 Å². The molecule has 0 saturated carbocycles. The Morgan fingerprint density at radius 3 is 1.71 bits per heavy atom. The van der Waals surface area contributed by atoms with E-state index in [4.69, 9.17) is 0 Å². The van der Waals surface area contributed by atoms with Gasteiger partial charge in [0, 0.05) is 64.5 Å². The molecule has 2 aromatic heterocycles. The molecule has 4 aromatic rings. The van der Waals surface area contributed by atoms with Crippen molar-refractivity contribution < 1.29 is 30.7 Å². The average Bonchev–Trinajstić information content (AvgIpc) is 3.38. The van der Waals surface area contributed by atoms with Crippen molar-refractivity contribution in [2.45, 2.75) is 6.18 Å².